The van der Waals surface area contributed by atoms with Gasteiger partial charge in [-0.3, -0.25) is 4.98 Å². The normalized spacial score (nSPS) is 13.4. The topological polar surface area (TPSA) is 41.1 Å². The first-order chi connectivity index (χ1) is 8.86. The Hall–Kier alpha value is -1.16. The maximum Gasteiger partial charge on any atom is 0.147 e. The molecule has 0 saturated heterocycles. The molecule has 0 aliphatic rings. The van der Waals surface area contributed by atoms with Crippen LogP contribution >= 0.6 is 0 Å². The molecule has 1 aromatic heterocycles. The molecule has 0 amide bonds. The van der Waals surface area contributed by atoms with Crippen LogP contribution in [0.2, 0.25) is 0 Å². The number of anilines is 1. The van der Waals surface area contributed by atoms with E-state index in [4.69, 9.17) is 0 Å². The van der Waals surface area contributed by atoms with Crippen molar-refractivity contribution in [3.63, 3.8) is 0 Å². The number of aromatic nitrogens is 2. The van der Waals surface area contributed by atoms with E-state index in [-0.39, 0.29) is 5.41 Å². The summed E-state index contributed by atoms with van der Waals surface area (Å²) in [5.41, 5.74) is 1.21. The van der Waals surface area contributed by atoms with Crippen molar-refractivity contribution in [2.45, 2.75) is 53.6 Å². The Kier molecular flexibility index (Phi) is 5.73. The lowest BCUT2D eigenvalue weighted by molar-refractivity contribution is 0.328. The Labute approximate surface area is 117 Å². The van der Waals surface area contributed by atoms with Crippen molar-refractivity contribution in [1.29, 1.82) is 0 Å². The standard InChI is InChI=1S/C15H28N4/c1-7-8-16-9-13-10-17-11-14(18-13)19(6)12(2)15(3,4)5/h10-12,16H,7-9H2,1-6H3. The molecule has 0 aliphatic heterocycles. The van der Waals surface area contributed by atoms with Crippen molar-refractivity contribution >= 4 is 5.82 Å². The Morgan fingerprint density at radius 3 is 2.58 bits per heavy atom. The Morgan fingerprint density at radius 2 is 2.00 bits per heavy atom. The van der Waals surface area contributed by atoms with Gasteiger partial charge in [0.1, 0.15) is 5.82 Å². The second-order valence-electron chi connectivity index (χ2n) is 6.20. The lowest BCUT2D eigenvalue weighted by Gasteiger charge is -2.36. The zero-order valence-electron chi connectivity index (χ0n) is 13.2. The van der Waals surface area contributed by atoms with Crippen LogP contribution in [0.1, 0.15) is 46.7 Å². The Morgan fingerprint density at radius 1 is 1.32 bits per heavy atom. The van der Waals surface area contributed by atoms with Crippen LogP contribution in [0.25, 0.3) is 0 Å². The molecule has 0 aliphatic carbocycles. The first-order valence-corrected chi connectivity index (χ1v) is 7.10. The summed E-state index contributed by atoms with van der Waals surface area (Å²) in [6.45, 7) is 12.9. The third kappa shape index (κ3) is 4.78. The smallest absolute Gasteiger partial charge is 0.147 e. The molecule has 4 nitrogen and oxygen atoms in total. The highest BCUT2D eigenvalue weighted by Gasteiger charge is 2.24. The number of hydrogen-bond acceptors (Lipinski definition) is 4. The predicted octanol–water partition coefficient (Wildman–Crippen LogP) is 2.85. The van der Waals surface area contributed by atoms with E-state index >= 15 is 0 Å². The second kappa shape index (κ2) is 6.85. The molecule has 0 spiro atoms. The highest BCUT2D eigenvalue weighted by atomic mass is 15.2. The zero-order chi connectivity index (χ0) is 14.5. The third-order valence-electron chi connectivity index (χ3n) is 3.60. The molecular formula is C15H28N4. The molecule has 0 aromatic carbocycles. The van der Waals surface area contributed by atoms with Gasteiger partial charge in [0.25, 0.3) is 0 Å². The van der Waals surface area contributed by atoms with Crippen LogP contribution < -0.4 is 10.2 Å². The number of nitrogens with zero attached hydrogens (tertiary/aromatic N) is 3. The van der Waals surface area contributed by atoms with Crippen molar-refractivity contribution in [1.82, 2.24) is 15.3 Å². The van der Waals surface area contributed by atoms with E-state index in [1.165, 1.54) is 0 Å². The van der Waals surface area contributed by atoms with Crippen molar-refractivity contribution in [3.8, 4) is 0 Å². The van der Waals surface area contributed by atoms with Crippen LogP contribution in [0.5, 0.6) is 0 Å². The fourth-order valence-electron chi connectivity index (χ4n) is 1.82. The summed E-state index contributed by atoms with van der Waals surface area (Å²) in [5, 5.41) is 3.36. The lowest BCUT2D eigenvalue weighted by atomic mass is 9.87. The molecule has 4 heteroatoms. The van der Waals surface area contributed by atoms with Crippen LogP contribution in [0.3, 0.4) is 0 Å². The molecule has 0 bridgehead atoms. The van der Waals surface area contributed by atoms with Gasteiger partial charge in [-0.2, -0.15) is 0 Å². The van der Waals surface area contributed by atoms with Crippen LogP contribution in [0.4, 0.5) is 5.82 Å². The van der Waals surface area contributed by atoms with E-state index in [0.29, 0.717) is 6.04 Å². The maximum atomic E-state index is 4.68. The van der Waals surface area contributed by atoms with Gasteiger partial charge in [-0.1, -0.05) is 27.7 Å². The summed E-state index contributed by atoms with van der Waals surface area (Å²) in [7, 11) is 2.09. The van der Waals surface area contributed by atoms with E-state index in [0.717, 1.165) is 31.0 Å². The van der Waals surface area contributed by atoms with Crippen LogP contribution in [0.15, 0.2) is 12.4 Å². The summed E-state index contributed by atoms with van der Waals surface area (Å²) in [4.78, 5) is 11.2. The van der Waals surface area contributed by atoms with Crippen molar-refractivity contribution in [2.75, 3.05) is 18.5 Å². The van der Waals surface area contributed by atoms with Gasteiger partial charge in [0.15, 0.2) is 0 Å². The van der Waals surface area contributed by atoms with Gasteiger partial charge in [0.05, 0.1) is 11.9 Å². The van der Waals surface area contributed by atoms with Gasteiger partial charge >= 0.3 is 0 Å². The Bertz CT molecular complexity index is 384. The van der Waals surface area contributed by atoms with Crippen molar-refractivity contribution < 1.29 is 0 Å². The summed E-state index contributed by atoms with van der Waals surface area (Å²) >= 11 is 0. The zero-order valence-corrected chi connectivity index (χ0v) is 13.2. The van der Waals surface area contributed by atoms with Gasteiger partial charge in [0.2, 0.25) is 0 Å². The van der Waals surface area contributed by atoms with Crippen molar-refractivity contribution in [3.05, 3.63) is 18.1 Å². The molecule has 0 radical (unpaired) electrons. The number of hydrogen-bond donors (Lipinski definition) is 1. The number of nitrogens with one attached hydrogen (secondary N) is 1. The van der Waals surface area contributed by atoms with E-state index in [2.05, 4.69) is 61.9 Å². The van der Waals surface area contributed by atoms with Crippen molar-refractivity contribution in [2.24, 2.45) is 5.41 Å². The van der Waals surface area contributed by atoms with Gasteiger partial charge in [-0.15, -0.1) is 0 Å². The highest BCUT2D eigenvalue weighted by Crippen LogP contribution is 2.25. The molecule has 1 heterocycles. The third-order valence-corrected chi connectivity index (χ3v) is 3.60. The first-order valence-electron chi connectivity index (χ1n) is 7.10. The molecule has 1 atom stereocenters. The molecular weight excluding hydrogens is 236 g/mol. The minimum atomic E-state index is 0.215. The fraction of sp³-hybridized carbons (Fsp3) is 0.733. The van der Waals surface area contributed by atoms with E-state index in [1.54, 1.807) is 0 Å². The van der Waals surface area contributed by atoms with Gasteiger partial charge in [0, 0.05) is 25.8 Å². The average molecular weight is 264 g/mol. The Balaban J connectivity index is 2.75. The molecule has 19 heavy (non-hydrogen) atoms. The minimum absolute atomic E-state index is 0.215. The summed E-state index contributed by atoms with van der Waals surface area (Å²) in [6.07, 6.45) is 4.81. The average Bonchev–Trinajstić information content (AvgIpc) is 2.36. The summed E-state index contributed by atoms with van der Waals surface area (Å²) < 4.78 is 0. The van der Waals surface area contributed by atoms with Gasteiger partial charge in [-0.25, -0.2) is 4.98 Å². The summed E-state index contributed by atoms with van der Waals surface area (Å²) in [6, 6.07) is 0.403. The fourth-order valence-corrected chi connectivity index (χ4v) is 1.82. The SMILES string of the molecule is CCCNCc1cncc(N(C)C(C)C(C)(C)C)n1. The van der Waals surface area contributed by atoms with E-state index in [1.807, 2.05) is 12.4 Å². The van der Waals surface area contributed by atoms with E-state index in [9.17, 15) is 0 Å². The molecule has 1 unspecified atom stereocenters. The molecule has 0 fully saturated rings. The highest BCUT2D eigenvalue weighted by molar-refractivity contribution is 5.37. The predicted molar refractivity (Wildman–Crippen MR) is 81.3 cm³/mol. The van der Waals surface area contributed by atoms with Crippen LogP contribution in [0, 0.1) is 5.41 Å². The monoisotopic (exact) mass is 264 g/mol. The van der Waals surface area contributed by atoms with Crippen LogP contribution in [-0.2, 0) is 6.54 Å². The molecule has 108 valence electrons. The molecule has 1 aromatic rings. The van der Waals surface area contributed by atoms with E-state index < -0.39 is 0 Å². The maximum absolute atomic E-state index is 4.68. The van der Waals surface area contributed by atoms with Gasteiger partial charge < -0.3 is 10.2 Å². The van der Waals surface area contributed by atoms with Crippen LogP contribution in [-0.4, -0.2) is 29.6 Å². The molecule has 1 rings (SSSR count). The lowest BCUT2D eigenvalue weighted by Crippen LogP contribution is -2.40. The second-order valence-corrected chi connectivity index (χ2v) is 6.20. The van der Waals surface area contributed by atoms with Gasteiger partial charge in [-0.05, 0) is 25.3 Å². The minimum Gasteiger partial charge on any atom is -0.355 e. The quantitative estimate of drug-likeness (QED) is 0.802. The first kappa shape index (κ1) is 15.9. The summed E-state index contributed by atoms with van der Waals surface area (Å²) in [5.74, 6) is 0.943. The molecule has 0 saturated carbocycles. The molecule has 1 N–H and O–H groups in total. The largest absolute Gasteiger partial charge is 0.355 e. The number of rotatable bonds is 6.